The summed E-state index contributed by atoms with van der Waals surface area (Å²) < 4.78 is 8.72. The van der Waals surface area contributed by atoms with Gasteiger partial charge >= 0.3 is 0 Å². The van der Waals surface area contributed by atoms with Crippen LogP contribution in [0.3, 0.4) is 0 Å². The van der Waals surface area contributed by atoms with Gasteiger partial charge in [-0.05, 0) is 0 Å². The zero-order chi connectivity index (χ0) is 6.10. The number of hydrogen-bond acceptors (Lipinski definition) is 1. The minimum absolute atomic E-state index is 0.559. The van der Waals surface area contributed by atoms with Crippen molar-refractivity contribution in [1.29, 1.82) is 0 Å². The normalized spacial score (nSPS) is 14.7. The van der Waals surface area contributed by atoms with E-state index in [1.54, 1.807) is 6.20 Å². The number of aromatic nitrogens is 2. The smallest absolute Gasteiger partial charge is 0.246 e. The molecule has 1 aliphatic heterocycles. The van der Waals surface area contributed by atoms with Crippen molar-refractivity contribution in [1.82, 2.24) is 4.68 Å². The van der Waals surface area contributed by atoms with Crippen LogP contribution in [0.5, 0.6) is 0 Å². The fourth-order valence-electron chi connectivity index (χ4n) is 0.810. The minimum atomic E-state index is 0.559. The largest absolute Gasteiger partial charge is 0.457 e. The first-order valence-corrected chi connectivity index (χ1v) is 2.74. The lowest BCUT2D eigenvalue weighted by atomic mass is 10.7. The lowest BCUT2D eigenvalue weighted by Crippen LogP contribution is -2.38. The topological polar surface area (TPSA) is 18.0 Å². The van der Waals surface area contributed by atoms with Crippen molar-refractivity contribution in [3.8, 4) is 0 Å². The maximum absolute atomic E-state index is 4.89. The number of fused-ring (bicyclic) bond motifs is 1. The maximum atomic E-state index is 4.89. The molecule has 2 heterocycles. The highest BCUT2D eigenvalue weighted by molar-refractivity contribution is 4.96. The van der Waals surface area contributed by atoms with Gasteiger partial charge in [0.25, 0.3) is 0 Å². The summed E-state index contributed by atoms with van der Waals surface area (Å²) in [6.45, 7) is 0.559. The van der Waals surface area contributed by atoms with E-state index in [0.717, 1.165) is 0 Å². The van der Waals surface area contributed by atoms with Crippen molar-refractivity contribution in [2.24, 2.45) is 0 Å². The van der Waals surface area contributed by atoms with Crippen LogP contribution in [0.4, 0.5) is 0 Å². The Bertz CT molecular complexity index is 239. The lowest BCUT2D eigenvalue weighted by molar-refractivity contribution is -0.672. The monoisotopic (exact) mass is 122 g/mol. The fraction of sp³-hybridized carbons (Fsp3) is 0.167. The predicted octanol–water partition coefficient (Wildman–Crippen LogP) is -0.00531. The van der Waals surface area contributed by atoms with Crippen LogP contribution in [0.15, 0.2) is 18.5 Å². The Hall–Kier alpha value is -1.25. The summed E-state index contributed by atoms with van der Waals surface area (Å²) in [5, 5.41) is 0. The molecule has 2 rings (SSSR count). The lowest BCUT2D eigenvalue weighted by Gasteiger charge is -2.01. The Labute approximate surface area is 52.8 Å². The minimum Gasteiger partial charge on any atom is -0.457 e. The van der Waals surface area contributed by atoms with Crippen molar-refractivity contribution in [3.63, 3.8) is 0 Å². The molecule has 0 atom stereocenters. The molecule has 0 aliphatic carbocycles. The molecule has 0 saturated carbocycles. The molecule has 3 heteroatoms. The van der Waals surface area contributed by atoms with Gasteiger partial charge in [-0.1, -0.05) is 4.68 Å². The molecule has 1 radical (unpaired) electrons. The second-order valence-corrected chi connectivity index (χ2v) is 1.83. The van der Waals surface area contributed by atoms with Crippen molar-refractivity contribution in [3.05, 3.63) is 24.7 Å². The van der Waals surface area contributed by atoms with Gasteiger partial charge in [-0.3, -0.25) is 0 Å². The van der Waals surface area contributed by atoms with Gasteiger partial charge in [-0.25, -0.2) is 0 Å². The fourth-order valence-corrected chi connectivity index (χ4v) is 0.810. The zero-order valence-electron chi connectivity index (χ0n) is 4.82. The van der Waals surface area contributed by atoms with Crippen LogP contribution in [0.1, 0.15) is 0 Å². The summed E-state index contributed by atoms with van der Waals surface area (Å²) in [4.78, 5) is 0. The van der Waals surface area contributed by atoms with E-state index in [9.17, 15) is 0 Å². The molecule has 9 heavy (non-hydrogen) atoms. The highest BCUT2D eigenvalue weighted by atomic mass is 16.5. The molecule has 1 aromatic heterocycles. The number of ether oxygens (including phenoxy) is 1. The molecule has 0 bridgehead atoms. The maximum Gasteiger partial charge on any atom is 0.246 e. The van der Waals surface area contributed by atoms with E-state index < -0.39 is 0 Å². The van der Waals surface area contributed by atoms with Crippen LogP contribution < -0.4 is 4.68 Å². The predicted molar refractivity (Wildman–Crippen MR) is 29.7 cm³/mol. The SMILES string of the molecule is [C]1=C[n+]2cccn2CO1. The molecule has 0 N–H and O–H groups in total. The molecular weight excluding hydrogens is 116 g/mol. The van der Waals surface area contributed by atoms with E-state index in [-0.39, 0.29) is 0 Å². The van der Waals surface area contributed by atoms with Gasteiger partial charge in [0.05, 0.1) is 6.20 Å². The van der Waals surface area contributed by atoms with Crippen LogP contribution in [0.25, 0.3) is 6.20 Å². The van der Waals surface area contributed by atoms with Crippen molar-refractivity contribution < 1.29 is 9.42 Å². The molecule has 45 valence electrons. The standard InChI is InChI=1S/C6H6N2O/c1-2-7-4-5-9-6-8(7)3-1/h1-4H,6H2/q+1. The van der Waals surface area contributed by atoms with Gasteiger partial charge in [-0.2, -0.15) is 0 Å². The van der Waals surface area contributed by atoms with Crippen LogP contribution in [0, 0.1) is 6.26 Å². The van der Waals surface area contributed by atoms with Gasteiger partial charge < -0.3 is 4.74 Å². The third-order valence-corrected chi connectivity index (χ3v) is 1.26. The highest BCUT2D eigenvalue weighted by Gasteiger charge is 2.07. The van der Waals surface area contributed by atoms with Gasteiger partial charge in [0, 0.05) is 6.07 Å². The van der Waals surface area contributed by atoms with Gasteiger partial charge in [0.2, 0.25) is 25.4 Å². The quantitative estimate of drug-likeness (QED) is 0.443. The van der Waals surface area contributed by atoms with E-state index >= 15 is 0 Å². The first kappa shape index (κ1) is 4.61. The highest BCUT2D eigenvalue weighted by Crippen LogP contribution is 1.90. The molecule has 1 aromatic rings. The third-order valence-electron chi connectivity index (χ3n) is 1.26. The van der Waals surface area contributed by atoms with Crippen LogP contribution in [0.2, 0.25) is 0 Å². The molecule has 0 spiro atoms. The number of nitrogens with zero attached hydrogens (tertiary/aromatic N) is 2. The molecule has 0 amide bonds. The van der Waals surface area contributed by atoms with Gasteiger partial charge in [0.15, 0.2) is 0 Å². The van der Waals surface area contributed by atoms with Gasteiger partial charge in [-0.15, -0.1) is 4.68 Å². The van der Waals surface area contributed by atoms with Crippen LogP contribution in [-0.4, -0.2) is 4.68 Å². The van der Waals surface area contributed by atoms with E-state index in [4.69, 9.17) is 4.74 Å². The Morgan fingerprint density at radius 3 is 3.56 bits per heavy atom. The molecular formula is C6H6N2O+. The average Bonchev–Trinajstić information content (AvgIpc) is 2.33. The third kappa shape index (κ3) is 0.614. The first-order chi connectivity index (χ1) is 4.47. The summed E-state index contributed by atoms with van der Waals surface area (Å²) in [5.74, 6) is 0. The number of rotatable bonds is 0. The molecule has 0 aromatic carbocycles. The van der Waals surface area contributed by atoms with E-state index in [2.05, 4.69) is 6.26 Å². The molecule has 0 unspecified atom stereocenters. The van der Waals surface area contributed by atoms with Gasteiger partial charge in [0.1, 0.15) is 0 Å². The Balaban J connectivity index is 2.53. The van der Waals surface area contributed by atoms with Crippen LogP contribution in [-0.2, 0) is 11.5 Å². The zero-order valence-corrected chi connectivity index (χ0v) is 4.82. The van der Waals surface area contributed by atoms with E-state index in [0.29, 0.717) is 6.73 Å². The summed E-state index contributed by atoms with van der Waals surface area (Å²) in [6.07, 6.45) is 8.27. The second kappa shape index (κ2) is 1.62. The Morgan fingerprint density at radius 2 is 2.67 bits per heavy atom. The summed E-state index contributed by atoms with van der Waals surface area (Å²) in [5.41, 5.74) is 0. The first-order valence-electron chi connectivity index (χ1n) is 2.74. The van der Waals surface area contributed by atoms with Crippen LogP contribution >= 0.6 is 0 Å². The van der Waals surface area contributed by atoms with E-state index in [1.165, 1.54) is 0 Å². The van der Waals surface area contributed by atoms with Crippen molar-refractivity contribution in [2.75, 3.05) is 0 Å². The molecule has 0 saturated heterocycles. The van der Waals surface area contributed by atoms with E-state index in [1.807, 2.05) is 27.8 Å². The summed E-state index contributed by atoms with van der Waals surface area (Å²) in [7, 11) is 0. The Kier molecular flexibility index (Phi) is 0.828. The molecule has 0 fully saturated rings. The second-order valence-electron chi connectivity index (χ2n) is 1.83. The van der Waals surface area contributed by atoms with Crippen molar-refractivity contribution in [2.45, 2.75) is 6.73 Å². The molecule has 3 nitrogen and oxygen atoms in total. The molecule has 1 aliphatic rings. The summed E-state index contributed by atoms with van der Waals surface area (Å²) >= 11 is 0. The Morgan fingerprint density at radius 1 is 1.67 bits per heavy atom. The van der Waals surface area contributed by atoms with Crippen molar-refractivity contribution >= 4 is 6.20 Å². The number of hydrogen-bond donors (Lipinski definition) is 0. The summed E-state index contributed by atoms with van der Waals surface area (Å²) in [6, 6.07) is 1.95. The average molecular weight is 122 g/mol.